The fourth-order valence-electron chi connectivity index (χ4n) is 3.17. The second-order valence-electron chi connectivity index (χ2n) is 7.12. The summed E-state index contributed by atoms with van der Waals surface area (Å²) in [6.07, 6.45) is 1.46. The smallest absolute Gasteiger partial charge is 0.488 e. The fourth-order valence-corrected chi connectivity index (χ4v) is 3.17. The molecule has 0 unspecified atom stereocenters. The molecule has 3 aromatic rings. The first-order valence-corrected chi connectivity index (χ1v) is 9.99. The van der Waals surface area contributed by atoms with Crippen molar-refractivity contribution < 1.29 is 24.3 Å². The third-order valence-electron chi connectivity index (χ3n) is 4.78. The molecule has 0 atom stereocenters. The zero-order valence-electron chi connectivity index (χ0n) is 17.4. The summed E-state index contributed by atoms with van der Waals surface area (Å²) in [5.41, 5.74) is 3.88. The Kier molecular flexibility index (Phi) is 7.77. The summed E-state index contributed by atoms with van der Waals surface area (Å²) in [6, 6.07) is 21.1. The van der Waals surface area contributed by atoms with Crippen LogP contribution in [-0.2, 0) is 12.8 Å². The van der Waals surface area contributed by atoms with Gasteiger partial charge in [0.25, 0.3) is 0 Å². The lowest BCUT2D eigenvalue weighted by Crippen LogP contribution is -2.29. The van der Waals surface area contributed by atoms with Gasteiger partial charge >= 0.3 is 7.12 Å². The molecule has 5 nitrogen and oxygen atoms in total. The number of rotatable bonds is 10. The SMILES string of the molecule is COc1cccc(CCOc2cc(B(O)O)ccc2OCCc2cccc(C)c2)c1. The van der Waals surface area contributed by atoms with E-state index in [2.05, 4.69) is 25.1 Å². The number of hydrogen-bond donors (Lipinski definition) is 2. The first-order chi connectivity index (χ1) is 14.5. The van der Waals surface area contributed by atoms with Gasteiger partial charge in [-0.05, 0) is 47.8 Å². The Labute approximate surface area is 178 Å². The third-order valence-corrected chi connectivity index (χ3v) is 4.78. The maximum atomic E-state index is 9.50. The Balaban J connectivity index is 1.64. The van der Waals surface area contributed by atoms with Crippen LogP contribution in [-0.4, -0.2) is 37.5 Å². The van der Waals surface area contributed by atoms with E-state index in [1.54, 1.807) is 25.3 Å². The molecule has 0 amide bonds. The monoisotopic (exact) mass is 406 g/mol. The van der Waals surface area contributed by atoms with Crippen molar-refractivity contribution in [2.24, 2.45) is 0 Å². The summed E-state index contributed by atoms with van der Waals surface area (Å²) >= 11 is 0. The number of aryl methyl sites for hydroxylation is 1. The molecule has 0 aliphatic carbocycles. The van der Waals surface area contributed by atoms with Gasteiger partial charge in [0, 0.05) is 12.8 Å². The summed E-state index contributed by atoms with van der Waals surface area (Å²) in [5, 5.41) is 19.0. The molecule has 0 radical (unpaired) electrons. The first kappa shape index (κ1) is 21.7. The second-order valence-corrected chi connectivity index (χ2v) is 7.12. The molecule has 0 saturated carbocycles. The second kappa shape index (κ2) is 10.7. The lowest BCUT2D eigenvalue weighted by atomic mass is 9.80. The van der Waals surface area contributed by atoms with Crippen molar-refractivity contribution in [3.8, 4) is 17.2 Å². The topological polar surface area (TPSA) is 68.2 Å². The maximum absolute atomic E-state index is 9.50. The molecule has 6 heteroatoms. The van der Waals surface area contributed by atoms with Crippen LogP contribution >= 0.6 is 0 Å². The predicted octanol–water partition coefficient (Wildman–Crippen LogP) is 2.93. The van der Waals surface area contributed by atoms with E-state index in [0.717, 1.165) is 17.7 Å². The minimum Gasteiger partial charge on any atom is -0.497 e. The predicted molar refractivity (Wildman–Crippen MR) is 119 cm³/mol. The standard InChI is InChI=1S/C24H27BO5/c1-18-5-3-6-19(15-18)11-13-29-23-10-9-21(25(26)27)17-24(23)30-14-12-20-7-4-8-22(16-20)28-2/h3-10,15-17,26-27H,11-14H2,1-2H3. The average molecular weight is 406 g/mol. The number of hydrogen-bond acceptors (Lipinski definition) is 5. The molecule has 2 N–H and O–H groups in total. The normalized spacial score (nSPS) is 10.5. The largest absolute Gasteiger partial charge is 0.497 e. The van der Waals surface area contributed by atoms with Gasteiger partial charge in [-0.2, -0.15) is 0 Å². The van der Waals surface area contributed by atoms with Crippen molar-refractivity contribution in [2.75, 3.05) is 20.3 Å². The Morgan fingerprint density at radius 2 is 1.43 bits per heavy atom. The molecule has 0 aliphatic rings. The summed E-state index contributed by atoms with van der Waals surface area (Å²) in [5.74, 6) is 1.88. The van der Waals surface area contributed by atoms with E-state index in [-0.39, 0.29) is 0 Å². The lowest BCUT2D eigenvalue weighted by molar-refractivity contribution is 0.272. The Hall–Kier alpha value is -2.96. The molecular weight excluding hydrogens is 379 g/mol. The zero-order valence-corrected chi connectivity index (χ0v) is 17.4. The van der Waals surface area contributed by atoms with Crippen LogP contribution in [0.4, 0.5) is 0 Å². The Bertz CT molecular complexity index is 958. The van der Waals surface area contributed by atoms with Crippen LogP contribution in [0.25, 0.3) is 0 Å². The van der Waals surface area contributed by atoms with Crippen molar-refractivity contribution in [3.63, 3.8) is 0 Å². The van der Waals surface area contributed by atoms with Gasteiger partial charge in [-0.3, -0.25) is 0 Å². The molecule has 0 spiro atoms. The highest BCUT2D eigenvalue weighted by Crippen LogP contribution is 2.26. The quantitative estimate of drug-likeness (QED) is 0.507. The Morgan fingerprint density at radius 3 is 2.10 bits per heavy atom. The molecule has 0 bridgehead atoms. The molecule has 0 heterocycles. The molecule has 0 fully saturated rings. The minimum absolute atomic E-state index is 0.359. The first-order valence-electron chi connectivity index (χ1n) is 9.99. The maximum Gasteiger partial charge on any atom is 0.488 e. The average Bonchev–Trinajstić information content (AvgIpc) is 2.74. The molecule has 30 heavy (non-hydrogen) atoms. The van der Waals surface area contributed by atoms with Crippen molar-refractivity contribution >= 4 is 12.6 Å². The fraction of sp³-hybridized carbons (Fsp3) is 0.250. The van der Waals surface area contributed by atoms with Gasteiger partial charge in [0.05, 0.1) is 20.3 Å². The van der Waals surface area contributed by atoms with Gasteiger partial charge in [0.2, 0.25) is 0 Å². The highest BCUT2D eigenvalue weighted by atomic mass is 16.5. The van der Waals surface area contributed by atoms with Crippen molar-refractivity contribution in [3.05, 3.63) is 83.4 Å². The molecule has 0 saturated heterocycles. The van der Waals surface area contributed by atoms with E-state index in [0.29, 0.717) is 36.6 Å². The molecular formula is C24H27BO5. The molecule has 0 aliphatic heterocycles. The van der Waals surface area contributed by atoms with Crippen LogP contribution < -0.4 is 19.7 Å². The molecule has 3 aromatic carbocycles. The van der Waals surface area contributed by atoms with Crippen molar-refractivity contribution in [2.45, 2.75) is 19.8 Å². The van der Waals surface area contributed by atoms with E-state index in [1.165, 1.54) is 11.1 Å². The van der Waals surface area contributed by atoms with E-state index in [9.17, 15) is 10.0 Å². The summed E-state index contributed by atoms with van der Waals surface area (Å²) in [6.45, 7) is 2.99. The van der Waals surface area contributed by atoms with Crippen LogP contribution in [0.5, 0.6) is 17.2 Å². The van der Waals surface area contributed by atoms with E-state index < -0.39 is 7.12 Å². The van der Waals surface area contributed by atoms with Crippen molar-refractivity contribution in [1.29, 1.82) is 0 Å². The Morgan fingerprint density at radius 1 is 0.767 bits per heavy atom. The van der Waals surface area contributed by atoms with Crippen LogP contribution in [0.15, 0.2) is 66.7 Å². The van der Waals surface area contributed by atoms with Crippen molar-refractivity contribution in [1.82, 2.24) is 0 Å². The van der Waals surface area contributed by atoms with Gasteiger partial charge in [0.1, 0.15) is 5.75 Å². The van der Waals surface area contributed by atoms with Crippen LogP contribution in [0.3, 0.4) is 0 Å². The highest BCUT2D eigenvalue weighted by molar-refractivity contribution is 6.58. The van der Waals surface area contributed by atoms with Crippen LogP contribution in [0, 0.1) is 6.92 Å². The summed E-state index contributed by atoms with van der Waals surface area (Å²) in [7, 11) is 0.0777. The number of benzene rings is 3. The molecule has 156 valence electrons. The third kappa shape index (κ3) is 6.27. The van der Waals surface area contributed by atoms with Crippen LogP contribution in [0.1, 0.15) is 16.7 Å². The zero-order chi connectivity index (χ0) is 21.3. The molecule has 3 rings (SSSR count). The van der Waals surface area contributed by atoms with Crippen LogP contribution in [0.2, 0.25) is 0 Å². The lowest BCUT2D eigenvalue weighted by Gasteiger charge is -2.15. The number of ether oxygens (including phenoxy) is 3. The summed E-state index contributed by atoms with van der Waals surface area (Å²) in [4.78, 5) is 0. The minimum atomic E-state index is -1.56. The van der Waals surface area contributed by atoms with E-state index >= 15 is 0 Å². The van der Waals surface area contributed by atoms with Gasteiger partial charge in [-0.25, -0.2) is 0 Å². The summed E-state index contributed by atoms with van der Waals surface area (Å²) < 4.78 is 17.1. The van der Waals surface area contributed by atoms with E-state index in [1.807, 2.05) is 30.3 Å². The number of methoxy groups -OCH3 is 1. The van der Waals surface area contributed by atoms with E-state index in [4.69, 9.17) is 14.2 Å². The van der Waals surface area contributed by atoms with Gasteiger partial charge in [0.15, 0.2) is 11.5 Å². The van der Waals surface area contributed by atoms with Gasteiger partial charge in [-0.1, -0.05) is 48.0 Å². The highest BCUT2D eigenvalue weighted by Gasteiger charge is 2.15. The van der Waals surface area contributed by atoms with Gasteiger partial charge in [-0.15, -0.1) is 0 Å². The molecule has 0 aromatic heterocycles. The van der Waals surface area contributed by atoms with Gasteiger partial charge < -0.3 is 24.3 Å².